The van der Waals surface area contributed by atoms with Gasteiger partial charge in [-0.25, -0.2) is 14.6 Å². The van der Waals surface area contributed by atoms with Gasteiger partial charge in [0, 0.05) is 68.5 Å². The number of ether oxygens (including phenoxy) is 2. The molecule has 0 radical (unpaired) electrons. The topological polar surface area (TPSA) is 99.3 Å². The van der Waals surface area contributed by atoms with Gasteiger partial charge in [-0.1, -0.05) is 0 Å². The Labute approximate surface area is 249 Å². The van der Waals surface area contributed by atoms with Crippen LogP contribution in [0.5, 0.6) is 5.88 Å². The predicted octanol–water partition coefficient (Wildman–Crippen LogP) is 6.02. The Balaban J connectivity index is 1.08. The van der Waals surface area contributed by atoms with Gasteiger partial charge >= 0.3 is 12.1 Å². The number of pyridine rings is 1. The zero-order valence-electron chi connectivity index (χ0n) is 22.9. The number of hydrogen-bond donors (Lipinski definition) is 2. The van der Waals surface area contributed by atoms with Crippen LogP contribution in [0.2, 0.25) is 0 Å². The summed E-state index contributed by atoms with van der Waals surface area (Å²) in [6.45, 7) is 2.35. The maximum atomic E-state index is 12.5. The van der Waals surface area contributed by atoms with E-state index in [1.807, 2.05) is 46.9 Å². The fraction of sp³-hybridized carbons (Fsp3) is 0.483. The summed E-state index contributed by atoms with van der Waals surface area (Å²) in [5, 5.41) is 5.71. The Morgan fingerprint density at radius 3 is 2.38 bits per heavy atom. The van der Waals surface area contributed by atoms with Crippen LogP contribution in [-0.2, 0) is 4.74 Å². The number of anilines is 3. The standard InChI is InChI=1S/C29H37IN6O4/c1-34(23-12-15-35(16-13-23)29(38)39-20-30)25-14-17-36(19-25)24-9-6-21(7-10-24)32-28(37)33-22-8-11-27(31-18-22)40-26-4-2-3-5-26/h6-11,18-19,23,26H,2-5,12-17,20H2,1H3,(H2,32,33,37). The van der Waals surface area contributed by atoms with Crippen molar-refractivity contribution < 1.29 is 19.1 Å². The molecule has 214 valence electrons. The third kappa shape index (κ3) is 7.29. The highest BCUT2D eigenvalue weighted by molar-refractivity contribution is 14.1. The molecule has 5 rings (SSSR count). The third-order valence-corrected chi connectivity index (χ3v) is 8.17. The van der Waals surface area contributed by atoms with Crippen LogP contribution >= 0.6 is 22.6 Å². The van der Waals surface area contributed by atoms with Crippen LogP contribution in [0.3, 0.4) is 0 Å². The van der Waals surface area contributed by atoms with Crippen molar-refractivity contribution in [1.82, 2.24) is 14.8 Å². The van der Waals surface area contributed by atoms with Crippen LogP contribution in [0.25, 0.3) is 0 Å². The molecule has 1 aromatic heterocycles. The molecule has 0 atom stereocenters. The molecule has 3 amide bonds. The number of halogens is 1. The smallest absolute Gasteiger partial charge is 0.410 e. The Morgan fingerprint density at radius 2 is 1.70 bits per heavy atom. The number of aromatic nitrogens is 1. The molecule has 3 aliphatic rings. The van der Waals surface area contributed by atoms with E-state index in [4.69, 9.17) is 9.47 Å². The SMILES string of the molecule is CN(C1=CN(c2ccc(NC(=O)Nc3ccc(OC4CCCC4)nc3)cc2)CC1)C1CCN(C(=O)OCI)CC1. The number of hydrogen-bond acceptors (Lipinski definition) is 7. The second kappa shape index (κ2) is 13.4. The first-order valence-corrected chi connectivity index (χ1v) is 15.5. The molecule has 0 bridgehead atoms. The number of carbonyl (C=O) groups excluding carboxylic acids is 2. The number of urea groups is 1. The highest BCUT2D eigenvalue weighted by atomic mass is 127. The number of nitrogens with zero attached hydrogens (tertiary/aromatic N) is 4. The Morgan fingerprint density at radius 1 is 1.00 bits per heavy atom. The first kappa shape index (κ1) is 28.3. The van der Waals surface area contributed by atoms with Crippen LogP contribution in [0.1, 0.15) is 44.9 Å². The van der Waals surface area contributed by atoms with Gasteiger partial charge in [0.25, 0.3) is 0 Å². The number of benzene rings is 1. The first-order valence-electron chi connectivity index (χ1n) is 14.0. The molecule has 2 N–H and O–H groups in total. The zero-order valence-corrected chi connectivity index (χ0v) is 25.0. The minimum atomic E-state index is -0.322. The van der Waals surface area contributed by atoms with E-state index in [0.717, 1.165) is 57.4 Å². The molecule has 1 aromatic carbocycles. The van der Waals surface area contributed by atoms with Gasteiger partial charge in [-0.05, 0) is 91.4 Å². The van der Waals surface area contributed by atoms with E-state index in [2.05, 4.69) is 38.7 Å². The maximum absolute atomic E-state index is 12.5. The fourth-order valence-electron chi connectivity index (χ4n) is 5.55. The normalized spacial score (nSPS) is 17.9. The lowest BCUT2D eigenvalue weighted by molar-refractivity contribution is 0.0963. The lowest BCUT2D eigenvalue weighted by Gasteiger charge is -2.37. The zero-order chi connectivity index (χ0) is 27.9. The summed E-state index contributed by atoms with van der Waals surface area (Å²) in [6.07, 6.45) is 11.3. The van der Waals surface area contributed by atoms with Gasteiger partial charge in [0.05, 0.1) is 11.9 Å². The van der Waals surface area contributed by atoms with Gasteiger partial charge in [0.2, 0.25) is 5.88 Å². The van der Waals surface area contributed by atoms with Crippen LogP contribution in [0, 0.1) is 0 Å². The molecule has 1 saturated carbocycles. The number of rotatable bonds is 8. The summed E-state index contributed by atoms with van der Waals surface area (Å²) in [4.78, 5) is 35.2. The molecule has 40 heavy (non-hydrogen) atoms. The number of likely N-dealkylation sites (tertiary alicyclic amines) is 1. The molecule has 3 heterocycles. The summed E-state index contributed by atoms with van der Waals surface area (Å²) in [7, 11) is 2.15. The number of nitrogens with one attached hydrogen (secondary N) is 2. The molecular formula is C29H37IN6O4. The molecular weight excluding hydrogens is 623 g/mol. The van der Waals surface area contributed by atoms with Crippen molar-refractivity contribution in [2.75, 3.05) is 46.8 Å². The maximum Gasteiger partial charge on any atom is 0.410 e. The minimum Gasteiger partial charge on any atom is -0.474 e. The second-order valence-electron chi connectivity index (χ2n) is 10.4. The van der Waals surface area contributed by atoms with Gasteiger partial charge < -0.3 is 34.8 Å². The lowest BCUT2D eigenvalue weighted by atomic mass is 10.0. The van der Waals surface area contributed by atoms with Crippen molar-refractivity contribution in [3.8, 4) is 5.88 Å². The van der Waals surface area contributed by atoms with Crippen molar-refractivity contribution in [3.05, 3.63) is 54.5 Å². The monoisotopic (exact) mass is 660 g/mol. The molecule has 0 spiro atoms. The highest BCUT2D eigenvalue weighted by Crippen LogP contribution is 2.29. The Kier molecular flexibility index (Phi) is 9.50. The van der Waals surface area contributed by atoms with E-state index >= 15 is 0 Å². The van der Waals surface area contributed by atoms with Crippen molar-refractivity contribution in [1.29, 1.82) is 0 Å². The average Bonchev–Trinajstić information content (AvgIpc) is 3.67. The summed E-state index contributed by atoms with van der Waals surface area (Å²) < 4.78 is 11.4. The Hall–Kier alpha value is -3.22. The third-order valence-electron chi connectivity index (χ3n) is 7.86. The first-order chi connectivity index (χ1) is 19.5. The fourth-order valence-corrected chi connectivity index (χ4v) is 5.82. The molecule has 2 fully saturated rings. The largest absolute Gasteiger partial charge is 0.474 e. The van der Waals surface area contributed by atoms with Crippen LogP contribution < -0.4 is 20.3 Å². The van der Waals surface area contributed by atoms with Crippen molar-refractivity contribution in [2.24, 2.45) is 0 Å². The lowest BCUT2D eigenvalue weighted by Crippen LogP contribution is -2.45. The van der Waals surface area contributed by atoms with E-state index < -0.39 is 0 Å². The van der Waals surface area contributed by atoms with E-state index in [9.17, 15) is 9.59 Å². The van der Waals surface area contributed by atoms with E-state index in [-0.39, 0.29) is 18.2 Å². The number of carbonyl (C=O) groups is 2. The van der Waals surface area contributed by atoms with Crippen molar-refractivity contribution >= 4 is 51.8 Å². The van der Waals surface area contributed by atoms with Crippen LogP contribution in [-0.4, -0.2) is 70.3 Å². The quantitative estimate of drug-likeness (QED) is 0.264. The summed E-state index contributed by atoms with van der Waals surface area (Å²) in [5.74, 6) is 0.595. The van der Waals surface area contributed by atoms with Gasteiger partial charge in [-0.2, -0.15) is 0 Å². The average molecular weight is 661 g/mol. The number of alkyl halides is 1. The predicted molar refractivity (Wildman–Crippen MR) is 164 cm³/mol. The second-order valence-corrected chi connectivity index (χ2v) is 11.1. The summed E-state index contributed by atoms with van der Waals surface area (Å²) in [5.41, 5.74) is 3.69. The molecule has 10 nitrogen and oxygen atoms in total. The van der Waals surface area contributed by atoms with Gasteiger partial charge in [0.15, 0.2) is 0 Å². The Bertz CT molecular complexity index is 1180. The number of amides is 3. The molecule has 1 saturated heterocycles. The van der Waals surface area contributed by atoms with Gasteiger partial charge in [0.1, 0.15) is 10.7 Å². The summed E-state index contributed by atoms with van der Waals surface area (Å²) in [6, 6.07) is 11.5. The molecule has 1 aliphatic carbocycles. The van der Waals surface area contributed by atoms with Crippen molar-refractivity contribution in [3.63, 3.8) is 0 Å². The van der Waals surface area contributed by atoms with Crippen molar-refractivity contribution in [2.45, 2.75) is 57.1 Å². The summed E-state index contributed by atoms with van der Waals surface area (Å²) >= 11 is 2.05. The highest BCUT2D eigenvalue weighted by Gasteiger charge is 2.28. The molecule has 2 aliphatic heterocycles. The van der Waals surface area contributed by atoms with Gasteiger partial charge in [-0.15, -0.1) is 0 Å². The molecule has 2 aromatic rings. The minimum absolute atomic E-state index is 0.215. The van der Waals surface area contributed by atoms with E-state index in [0.29, 0.717) is 27.9 Å². The van der Waals surface area contributed by atoms with Crippen LogP contribution in [0.15, 0.2) is 54.5 Å². The van der Waals surface area contributed by atoms with E-state index in [1.54, 1.807) is 23.2 Å². The molecule has 0 unspecified atom stereocenters. The van der Waals surface area contributed by atoms with Gasteiger partial charge in [-0.3, -0.25) is 0 Å². The van der Waals surface area contributed by atoms with Crippen LogP contribution in [0.4, 0.5) is 26.7 Å². The number of piperidine rings is 1. The van der Waals surface area contributed by atoms with E-state index in [1.165, 1.54) is 18.5 Å². The molecule has 11 heteroatoms.